The lowest BCUT2D eigenvalue weighted by atomic mass is 10.3. The second-order valence-electron chi connectivity index (χ2n) is 2.99. The Morgan fingerprint density at radius 3 is 2.31 bits per heavy atom. The summed E-state index contributed by atoms with van der Waals surface area (Å²) >= 11 is 0. The minimum Gasteiger partial charge on any atom is -0.494 e. The van der Waals surface area contributed by atoms with Crippen LogP contribution >= 0.6 is 0 Å². The van der Waals surface area contributed by atoms with E-state index in [0.717, 1.165) is 5.75 Å². The third-order valence-electron chi connectivity index (χ3n) is 1.86. The van der Waals surface area contributed by atoms with Gasteiger partial charge >= 0.3 is 11.8 Å². The Bertz CT molecular complexity index is 373. The molecular weight excluding hydrogens is 208 g/mol. The van der Waals surface area contributed by atoms with Gasteiger partial charge in [-0.15, -0.1) is 0 Å². The molecule has 1 rings (SSSR count). The van der Waals surface area contributed by atoms with Crippen molar-refractivity contribution >= 4 is 17.5 Å². The van der Waals surface area contributed by atoms with Gasteiger partial charge in [0.1, 0.15) is 5.75 Å². The van der Waals surface area contributed by atoms with Gasteiger partial charge in [0.25, 0.3) is 0 Å². The van der Waals surface area contributed by atoms with Gasteiger partial charge in [0, 0.05) is 12.7 Å². The monoisotopic (exact) mass is 222 g/mol. The third-order valence-corrected chi connectivity index (χ3v) is 1.86. The molecule has 0 fully saturated rings. The molecule has 0 aromatic heterocycles. The molecule has 0 aliphatic rings. The molecule has 1 aromatic rings. The molecule has 0 saturated heterocycles. The summed E-state index contributed by atoms with van der Waals surface area (Å²) in [7, 11) is 1.40. The summed E-state index contributed by atoms with van der Waals surface area (Å²) in [5.74, 6) is -0.638. The van der Waals surface area contributed by atoms with E-state index in [1.807, 2.05) is 6.92 Å². The molecule has 86 valence electrons. The first-order valence-electron chi connectivity index (χ1n) is 4.93. The van der Waals surface area contributed by atoms with E-state index >= 15 is 0 Å². The zero-order valence-electron chi connectivity index (χ0n) is 9.24. The zero-order valence-corrected chi connectivity index (χ0v) is 9.24. The van der Waals surface area contributed by atoms with Crippen LogP contribution in [-0.2, 0) is 9.59 Å². The SMILES string of the molecule is CCOc1ccc(NC(=O)C(=O)NC)cc1. The molecule has 0 spiro atoms. The van der Waals surface area contributed by atoms with E-state index in [1.165, 1.54) is 7.05 Å². The van der Waals surface area contributed by atoms with Crippen LogP contribution in [-0.4, -0.2) is 25.5 Å². The molecule has 0 bridgehead atoms. The zero-order chi connectivity index (χ0) is 12.0. The highest BCUT2D eigenvalue weighted by molar-refractivity contribution is 6.39. The fourth-order valence-corrected chi connectivity index (χ4v) is 1.10. The predicted molar refractivity (Wildman–Crippen MR) is 60.3 cm³/mol. The van der Waals surface area contributed by atoms with Crippen LogP contribution in [0.4, 0.5) is 5.69 Å². The molecule has 0 atom stereocenters. The number of hydrogen-bond acceptors (Lipinski definition) is 3. The predicted octanol–water partition coefficient (Wildman–Crippen LogP) is 0.770. The van der Waals surface area contributed by atoms with Gasteiger partial charge in [0.15, 0.2) is 0 Å². The number of ether oxygens (including phenoxy) is 1. The summed E-state index contributed by atoms with van der Waals surface area (Å²) in [6.07, 6.45) is 0. The number of benzene rings is 1. The number of carbonyl (C=O) groups is 2. The summed E-state index contributed by atoms with van der Waals surface area (Å²) in [4.78, 5) is 22.1. The number of amides is 2. The van der Waals surface area contributed by atoms with Gasteiger partial charge in [-0.2, -0.15) is 0 Å². The molecule has 0 aliphatic heterocycles. The average molecular weight is 222 g/mol. The van der Waals surface area contributed by atoms with Crippen LogP contribution in [0.1, 0.15) is 6.92 Å². The molecule has 1 aromatic carbocycles. The van der Waals surface area contributed by atoms with Crippen molar-refractivity contribution in [3.8, 4) is 5.75 Å². The van der Waals surface area contributed by atoms with Gasteiger partial charge in [-0.3, -0.25) is 9.59 Å². The minimum absolute atomic E-state index is 0.553. The first-order chi connectivity index (χ1) is 7.67. The molecule has 16 heavy (non-hydrogen) atoms. The lowest BCUT2D eigenvalue weighted by Gasteiger charge is -2.06. The summed E-state index contributed by atoms with van der Waals surface area (Å²) in [5.41, 5.74) is 0.553. The molecule has 0 aliphatic carbocycles. The van der Waals surface area contributed by atoms with Crippen molar-refractivity contribution in [2.45, 2.75) is 6.92 Å². The quantitative estimate of drug-likeness (QED) is 0.742. The second-order valence-corrected chi connectivity index (χ2v) is 2.99. The van der Waals surface area contributed by atoms with E-state index < -0.39 is 11.8 Å². The maximum atomic E-state index is 11.2. The highest BCUT2D eigenvalue weighted by atomic mass is 16.5. The Labute approximate surface area is 93.8 Å². The van der Waals surface area contributed by atoms with E-state index in [0.29, 0.717) is 12.3 Å². The summed E-state index contributed by atoms with van der Waals surface area (Å²) in [6, 6.07) is 6.80. The van der Waals surface area contributed by atoms with Crippen LogP contribution in [0.15, 0.2) is 24.3 Å². The molecule has 5 heteroatoms. The Hall–Kier alpha value is -2.04. The van der Waals surface area contributed by atoms with E-state index in [1.54, 1.807) is 24.3 Å². The molecule has 2 N–H and O–H groups in total. The van der Waals surface area contributed by atoms with Crippen molar-refractivity contribution in [3.63, 3.8) is 0 Å². The van der Waals surface area contributed by atoms with Crippen molar-refractivity contribution in [2.24, 2.45) is 0 Å². The topological polar surface area (TPSA) is 67.4 Å². The Kier molecular flexibility index (Phi) is 4.32. The Balaban J connectivity index is 2.61. The smallest absolute Gasteiger partial charge is 0.313 e. The number of hydrogen-bond donors (Lipinski definition) is 2. The van der Waals surface area contributed by atoms with Gasteiger partial charge < -0.3 is 15.4 Å². The van der Waals surface area contributed by atoms with Crippen LogP contribution in [0, 0.1) is 0 Å². The molecule has 0 unspecified atom stereocenters. The first-order valence-corrected chi connectivity index (χ1v) is 4.93. The van der Waals surface area contributed by atoms with Gasteiger partial charge in [-0.25, -0.2) is 0 Å². The molecule has 0 saturated carbocycles. The average Bonchev–Trinajstić information content (AvgIpc) is 2.31. The third kappa shape index (κ3) is 3.27. The van der Waals surface area contributed by atoms with E-state index in [2.05, 4.69) is 10.6 Å². The normalized spacial score (nSPS) is 9.38. The molecule has 2 amide bonds. The Morgan fingerprint density at radius 2 is 1.81 bits per heavy atom. The lowest BCUT2D eigenvalue weighted by molar-refractivity contribution is -0.135. The van der Waals surface area contributed by atoms with Gasteiger partial charge in [-0.1, -0.05) is 0 Å². The number of nitrogens with one attached hydrogen (secondary N) is 2. The second kappa shape index (κ2) is 5.75. The highest BCUT2D eigenvalue weighted by Gasteiger charge is 2.10. The largest absolute Gasteiger partial charge is 0.494 e. The van der Waals surface area contributed by atoms with Crippen LogP contribution in [0.2, 0.25) is 0 Å². The fourth-order valence-electron chi connectivity index (χ4n) is 1.10. The fraction of sp³-hybridized carbons (Fsp3) is 0.273. The van der Waals surface area contributed by atoms with Crippen LogP contribution < -0.4 is 15.4 Å². The van der Waals surface area contributed by atoms with E-state index in [-0.39, 0.29) is 0 Å². The highest BCUT2D eigenvalue weighted by Crippen LogP contribution is 2.15. The number of carbonyl (C=O) groups excluding carboxylic acids is 2. The maximum Gasteiger partial charge on any atom is 0.313 e. The number of likely N-dealkylation sites (N-methyl/N-ethyl adjacent to an activating group) is 1. The van der Waals surface area contributed by atoms with Crippen LogP contribution in [0.25, 0.3) is 0 Å². The van der Waals surface area contributed by atoms with Crippen LogP contribution in [0.5, 0.6) is 5.75 Å². The number of rotatable bonds is 3. The van der Waals surface area contributed by atoms with Crippen molar-refractivity contribution in [2.75, 3.05) is 19.0 Å². The summed E-state index contributed by atoms with van der Waals surface area (Å²) in [6.45, 7) is 2.48. The van der Waals surface area contributed by atoms with E-state index in [9.17, 15) is 9.59 Å². The van der Waals surface area contributed by atoms with Crippen molar-refractivity contribution in [3.05, 3.63) is 24.3 Å². The van der Waals surface area contributed by atoms with Crippen LogP contribution in [0.3, 0.4) is 0 Å². The van der Waals surface area contributed by atoms with Crippen molar-refractivity contribution in [1.29, 1.82) is 0 Å². The van der Waals surface area contributed by atoms with E-state index in [4.69, 9.17) is 4.74 Å². The van der Waals surface area contributed by atoms with Crippen molar-refractivity contribution in [1.82, 2.24) is 5.32 Å². The Morgan fingerprint density at radius 1 is 1.19 bits per heavy atom. The molecular formula is C11H14N2O3. The molecule has 0 heterocycles. The van der Waals surface area contributed by atoms with Crippen molar-refractivity contribution < 1.29 is 14.3 Å². The first kappa shape index (κ1) is 12.0. The molecule has 0 radical (unpaired) electrons. The summed E-state index contributed by atoms with van der Waals surface area (Å²) < 4.78 is 5.24. The van der Waals surface area contributed by atoms with Gasteiger partial charge in [-0.05, 0) is 31.2 Å². The minimum atomic E-state index is -0.688. The summed E-state index contributed by atoms with van der Waals surface area (Å²) in [5, 5.41) is 4.70. The van der Waals surface area contributed by atoms with Gasteiger partial charge in [0.05, 0.1) is 6.61 Å². The standard InChI is InChI=1S/C11H14N2O3/c1-3-16-9-6-4-8(5-7-9)13-11(15)10(14)12-2/h4-7H,3H2,1-2H3,(H,12,14)(H,13,15). The lowest BCUT2D eigenvalue weighted by Crippen LogP contribution is -2.32. The maximum absolute atomic E-state index is 11.2. The number of anilines is 1. The molecule has 5 nitrogen and oxygen atoms in total. The van der Waals surface area contributed by atoms with Gasteiger partial charge in [0.2, 0.25) is 0 Å².